The van der Waals surface area contributed by atoms with Crippen molar-refractivity contribution in [3.8, 4) is 5.75 Å². The Labute approximate surface area is 116 Å². The van der Waals surface area contributed by atoms with E-state index in [0.717, 1.165) is 5.56 Å². The summed E-state index contributed by atoms with van der Waals surface area (Å²) >= 11 is 12.0. The van der Waals surface area contributed by atoms with Crippen molar-refractivity contribution in [3.63, 3.8) is 0 Å². The van der Waals surface area contributed by atoms with Gasteiger partial charge in [-0.3, -0.25) is 4.79 Å². The quantitative estimate of drug-likeness (QED) is 0.876. The molecule has 0 fully saturated rings. The summed E-state index contributed by atoms with van der Waals surface area (Å²) in [6.45, 7) is 0.972. The molecule has 0 heterocycles. The average molecular weight is 292 g/mol. The van der Waals surface area contributed by atoms with E-state index in [4.69, 9.17) is 33.0 Å². The summed E-state index contributed by atoms with van der Waals surface area (Å²) in [7, 11) is 3.37. The number of carbonyl (C=O) groups is 1. The van der Waals surface area contributed by atoms with Crippen LogP contribution in [0.3, 0.4) is 0 Å². The fourth-order valence-corrected chi connectivity index (χ4v) is 2.23. The fourth-order valence-electron chi connectivity index (χ4n) is 1.62. The minimum absolute atomic E-state index is 0.0904. The van der Waals surface area contributed by atoms with Gasteiger partial charge in [-0.25, -0.2) is 0 Å². The van der Waals surface area contributed by atoms with E-state index in [0.29, 0.717) is 28.9 Å². The van der Waals surface area contributed by atoms with Crippen molar-refractivity contribution in [2.24, 2.45) is 0 Å². The van der Waals surface area contributed by atoms with Crippen LogP contribution in [0.25, 0.3) is 0 Å². The Balaban J connectivity index is 2.79. The second-order valence-electron chi connectivity index (χ2n) is 3.96. The molecule has 0 aromatic heterocycles. The molecule has 0 bridgehead atoms. The Morgan fingerprint density at radius 2 is 2.11 bits per heavy atom. The molecule has 100 valence electrons. The second-order valence-corrected chi connectivity index (χ2v) is 4.81. The molecule has 4 nitrogen and oxygen atoms in total. The number of aliphatic carboxylic acids is 1. The smallest absolute Gasteiger partial charge is 0.304 e. The highest BCUT2D eigenvalue weighted by molar-refractivity contribution is 6.35. The van der Waals surface area contributed by atoms with Crippen molar-refractivity contribution in [1.29, 1.82) is 0 Å². The molecule has 0 saturated heterocycles. The van der Waals surface area contributed by atoms with Crippen molar-refractivity contribution >= 4 is 29.2 Å². The first-order chi connectivity index (χ1) is 8.43. The lowest BCUT2D eigenvalue weighted by molar-refractivity contribution is -0.137. The molecule has 0 atom stereocenters. The topological polar surface area (TPSA) is 49.8 Å². The minimum atomic E-state index is -0.821. The SMILES string of the molecule is COc1c(Cl)cc(Cl)cc1CN(C)CCC(=O)O. The maximum atomic E-state index is 10.5. The molecule has 0 saturated carbocycles. The maximum absolute atomic E-state index is 10.5. The normalized spacial score (nSPS) is 10.7. The van der Waals surface area contributed by atoms with Crippen LogP contribution in [0.2, 0.25) is 10.0 Å². The second kappa shape index (κ2) is 6.83. The predicted octanol–water partition coefficient (Wildman–Crippen LogP) is 2.91. The van der Waals surface area contributed by atoms with Crippen LogP contribution in [0, 0.1) is 0 Å². The molecule has 0 aliphatic carbocycles. The Morgan fingerprint density at radius 1 is 1.44 bits per heavy atom. The first-order valence-corrected chi connectivity index (χ1v) is 6.12. The molecule has 0 spiro atoms. The average Bonchev–Trinajstić information content (AvgIpc) is 2.26. The van der Waals surface area contributed by atoms with Gasteiger partial charge in [-0.1, -0.05) is 23.2 Å². The van der Waals surface area contributed by atoms with Crippen LogP contribution in [0.15, 0.2) is 12.1 Å². The lowest BCUT2D eigenvalue weighted by Crippen LogP contribution is -2.21. The van der Waals surface area contributed by atoms with Gasteiger partial charge in [0.15, 0.2) is 0 Å². The predicted molar refractivity (Wildman–Crippen MR) is 71.6 cm³/mol. The van der Waals surface area contributed by atoms with Gasteiger partial charge in [-0.05, 0) is 19.2 Å². The van der Waals surface area contributed by atoms with Crippen molar-refractivity contribution in [1.82, 2.24) is 4.90 Å². The molecular formula is C12H15Cl2NO3. The van der Waals surface area contributed by atoms with Gasteiger partial charge in [0.25, 0.3) is 0 Å². The fraction of sp³-hybridized carbons (Fsp3) is 0.417. The van der Waals surface area contributed by atoms with Crippen LogP contribution in [-0.2, 0) is 11.3 Å². The van der Waals surface area contributed by atoms with Crippen LogP contribution >= 0.6 is 23.2 Å². The highest BCUT2D eigenvalue weighted by Gasteiger charge is 2.12. The first-order valence-electron chi connectivity index (χ1n) is 5.36. The third kappa shape index (κ3) is 4.37. The monoisotopic (exact) mass is 291 g/mol. The lowest BCUT2D eigenvalue weighted by atomic mass is 10.2. The molecule has 0 unspecified atom stereocenters. The zero-order valence-electron chi connectivity index (χ0n) is 10.2. The summed E-state index contributed by atoms with van der Waals surface area (Å²) in [4.78, 5) is 12.4. The van der Waals surface area contributed by atoms with Crippen molar-refractivity contribution in [3.05, 3.63) is 27.7 Å². The number of hydrogen-bond acceptors (Lipinski definition) is 3. The molecule has 18 heavy (non-hydrogen) atoms. The van der Waals surface area contributed by atoms with E-state index >= 15 is 0 Å². The van der Waals surface area contributed by atoms with E-state index in [1.807, 2.05) is 11.9 Å². The van der Waals surface area contributed by atoms with Crippen LogP contribution in [0.5, 0.6) is 5.75 Å². The Kier molecular flexibility index (Phi) is 5.72. The first kappa shape index (κ1) is 15.1. The summed E-state index contributed by atoms with van der Waals surface area (Å²) in [5.41, 5.74) is 0.836. The number of nitrogens with zero attached hydrogens (tertiary/aromatic N) is 1. The Hall–Kier alpha value is -0.970. The summed E-state index contributed by atoms with van der Waals surface area (Å²) < 4.78 is 5.22. The van der Waals surface area contributed by atoms with E-state index in [1.165, 1.54) is 7.11 Å². The van der Waals surface area contributed by atoms with Gasteiger partial charge in [0.05, 0.1) is 18.6 Å². The van der Waals surface area contributed by atoms with Crippen LogP contribution in [0.4, 0.5) is 0 Å². The number of ether oxygens (including phenoxy) is 1. The van der Waals surface area contributed by atoms with Gasteiger partial charge in [0.2, 0.25) is 0 Å². The number of methoxy groups -OCH3 is 1. The van der Waals surface area contributed by atoms with Crippen molar-refractivity contribution < 1.29 is 14.6 Å². The summed E-state index contributed by atoms with van der Waals surface area (Å²) in [5.74, 6) is -0.249. The summed E-state index contributed by atoms with van der Waals surface area (Å²) in [6.07, 6.45) is 0.0904. The van der Waals surface area contributed by atoms with E-state index < -0.39 is 5.97 Å². The zero-order chi connectivity index (χ0) is 13.7. The molecule has 1 aromatic rings. The highest BCUT2D eigenvalue weighted by Crippen LogP contribution is 2.32. The summed E-state index contributed by atoms with van der Waals surface area (Å²) in [6, 6.07) is 3.38. The van der Waals surface area contributed by atoms with Gasteiger partial charge in [-0.2, -0.15) is 0 Å². The zero-order valence-corrected chi connectivity index (χ0v) is 11.8. The molecule has 1 aromatic carbocycles. The molecule has 0 aliphatic rings. The van der Waals surface area contributed by atoms with E-state index in [2.05, 4.69) is 0 Å². The van der Waals surface area contributed by atoms with Gasteiger partial charge >= 0.3 is 5.97 Å². The third-order valence-electron chi connectivity index (χ3n) is 2.44. The summed E-state index contributed by atoms with van der Waals surface area (Å²) in [5, 5.41) is 9.60. The molecule has 1 N–H and O–H groups in total. The number of hydrogen-bond donors (Lipinski definition) is 1. The van der Waals surface area contributed by atoms with Crippen LogP contribution in [0.1, 0.15) is 12.0 Å². The van der Waals surface area contributed by atoms with Crippen LogP contribution < -0.4 is 4.74 Å². The van der Waals surface area contributed by atoms with Gasteiger partial charge in [0.1, 0.15) is 5.75 Å². The standard InChI is InChI=1S/C12H15Cl2NO3/c1-15(4-3-11(16)17)7-8-5-9(13)6-10(14)12(8)18-2/h5-6H,3-4,7H2,1-2H3,(H,16,17). The van der Waals surface area contributed by atoms with E-state index in [9.17, 15) is 4.79 Å². The molecule has 6 heteroatoms. The molecule has 0 amide bonds. The number of carboxylic acids is 1. The number of benzene rings is 1. The number of carboxylic acid groups (broad SMARTS) is 1. The van der Waals surface area contributed by atoms with E-state index in [1.54, 1.807) is 12.1 Å². The van der Waals surface area contributed by atoms with Gasteiger partial charge < -0.3 is 14.7 Å². The highest BCUT2D eigenvalue weighted by atomic mass is 35.5. The van der Waals surface area contributed by atoms with Crippen molar-refractivity contribution in [2.45, 2.75) is 13.0 Å². The number of halogens is 2. The van der Waals surface area contributed by atoms with Crippen LogP contribution in [-0.4, -0.2) is 36.7 Å². The molecular weight excluding hydrogens is 277 g/mol. The minimum Gasteiger partial charge on any atom is -0.495 e. The Morgan fingerprint density at radius 3 is 2.67 bits per heavy atom. The molecule has 1 rings (SSSR count). The van der Waals surface area contributed by atoms with Crippen molar-refractivity contribution in [2.75, 3.05) is 20.7 Å². The maximum Gasteiger partial charge on any atom is 0.304 e. The largest absolute Gasteiger partial charge is 0.495 e. The lowest BCUT2D eigenvalue weighted by Gasteiger charge is -2.18. The molecule has 0 aliphatic heterocycles. The Bertz CT molecular complexity index is 438. The van der Waals surface area contributed by atoms with Gasteiger partial charge in [0, 0.05) is 23.7 Å². The third-order valence-corrected chi connectivity index (χ3v) is 2.94. The van der Waals surface area contributed by atoms with Gasteiger partial charge in [-0.15, -0.1) is 0 Å². The van der Waals surface area contributed by atoms with E-state index in [-0.39, 0.29) is 6.42 Å². The number of rotatable bonds is 6. The molecule has 0 radical (unpaired) electrons.